The van der Waals surface area contributed by atoms with E-state index >= 15 is 0 Å². The fourth-order valence-electron chi connectivity index (χ4n) is 0.998. The molecule has 0 aromatic heterocycles. The first-order valence-corrected chi connectivity index (χ1v) is 10.2. The van der Waals surface area contributed by atoms with Crippen LogP contribution in [-0.4, -0.2) is 27.8 Å². The minimum atomic E-state index is -4.09. The molecule has 0 atom stereocenters. The van der Waals surface area contributed by atoms with Gasteiger partial charge in [-0.25, -0.2) is 13.6 Å². The molecule has 0 fully saturated rings. The molecule has 3 N–H and O–H groups in total. The average molecular weight is 549 g/mol. The van der Waals surface area contributed by atoms with Gasteiger partial charge in [0.05, 0.1) is 9.82 Å². The molecule has 1 aromatic carbocycles. The van der Waals surface area contributed by atoms with Gasteiger partial charge in [-0.2, -0.15) is 8.42 Å². The second-order valence-corrected chi connectivity index (χ2v) is 15.2. The summed E-state index contributed by atoms with van der Waals surface area (Å²) in [7, 11) is -7.98. The van der Waals surface area contributed by atoms with Gasteiger partial charge in [-0.1, -0.05) is 0 Å². The molecular formula is C8H9Br3N2O7S2. The summed E-state index contributed by atoms with van der Waals surface area (Å²) in [6.07, 6.45) is 0. The minimum Gasteiger partial charge on any atom is -0.283 e. The van der Waals surface area contributed by atoms with Crippen LogP contribution in [0.2, 0.25) is 0 Å². The largest absolute Gasteiger partial charge is 0.301 e. The number of sulfonamides is 1. The van der Waals surface area contributed by atoms with Crippen LogP contribution in [0.5, 0.6) is 0 Å². The van der Waals surface area contributed by atoms with Gasteiger partial charge in [-0.15, -0.1) is 0 Å². The van der Waals surface area contributed by atoms with Crippen molar-refractivity contribution in [2.75, 3.05) is 0 Å². The first-order valence-electron chi connectivity index (χ1n) is 4.88. The Hall–Kier alpha value is -0.120. The lowest BCUT2D eigenvalue weighted by molar-refractivity contribution is -0.385. The van der Waals surface area contributed by atoms with E-state index in [9.17, 15) is 26.9 Å². The maximum atomic E-state index is 10.9. The molecule has 0 aliphatic carbocycles. The lowest BCUT2D eigenvalue weighted by atomic mass is 10.2. The van der Waals surface area contributed by atoms with Crippen LogP contribution in [0.25, 0.3) is 0 Å². The van der Waals surface area contributed by atoms with E-state index in [2.05, 4.69) is 47.8 Å². The summed E-state index contributed by atoms with van der Waals surface area (Å²) in [5.74, 6) is 0. The van der Waals surface area contributed by atoms with Gasteiger partial charge in [-0.05, 0) is 66.3 Å². The maximum absolute atomic E-state index is 10.9. The van der Waals surface area contributed by atoms with Crippen molar-refractivity contribution in [3.8, 4) is 0 Å². The Bertz CT molecular complexity index is 771. The molecule has 0 spiro atoms. The summed E-state index contributed by atoms with van der Waals surface area (Å²) in [6.45, 7) is 1.56. The SMILES string of the molecule is Cc1cc([N+](=O)[O-])cc(S(N)(=O)=O)c1.O=S(=O)(O)C(Br)(Br)Br. The van der Waals surface area contributed by atoms with Crippen molar-refractivity contribution in [1.82, 2.24) is 0 Å². The van der Waals surface area contributed by atoms with Gasteiger partial charge >= 0.3 is 10.1 Å². The Morgan fingerprint density at radius 2 is 1.59 bits per heavy atom. The highest BCUT2D eigenvalue weighted by atomic mass is 80.0. The van der Waals surface area contributed by atoms with Crippen molar-refractivity contribution in [2.24, 2.45) is 5.14 Å². The number of nitro benzene ring substituents is 1. The van der Waals surface area contributed by atoms with Crippen molar-refractivity contribution in [3.63, 3.8) is 0 Å². The summed E-state index contributed by atoms with van der Waals surface area (Å²) >= 11 is 7.78. The normalized spacial score (nSPS) is 12.3. The van der Waals surface area contributed by atoms with Gasteiger partial charge in [0.1, 0.15) is 0 Å². The van der Waals surface area contributed by atoms with E-state index in [0.717, 1.165) is 6.07 Å². The number of nitrogens with zero attached hydrogens (tertiary/aromatic N) is 1. The number of hydrogen-bond donors (Lipinski definition) is 2. The van der Waals surface area contributed by atoms with Crippen LogP contribution in [0.1, 0.15) is 5.56 Å². The molecule has 0 bridgehead atoms. The molecule has 0 heterocycles. The number of halogens is 3. The van der Waals surface area contributed by atoms with Crippen LogP contribution in [0.3, 0.4) is 0 Å². The summed E-state index contributed by atoms with van der Waals surface area (Å²) in [4.78, 5) is 9.49. The Balaban J connectivity index is 0.000000472. The van der Waals surface area contributed by atoms with Crippen LogP contribution in [0, 0.1) is 17.0 Å². The number of primary sulfonamides is 1. The minimum absolute atomic E-state index is 0.246. The monoisotopic (exact) mass is 546 g/mol. The van der Waals surface area contributed by atoms with Crippen LogP contribution >= 0.6 is 47.8 Å². The van der Waals surface area contributed by atoms with Crippen LogP contribution < -0.4 is 5.14 Å². The van der Waals surface area contributed by atoms with E-state index in [1.807, 2.05) is 0 Å². The van der Waals surface area contributed by atoms with Crippen LogP contribution in [0.15, 0.2) is 23.1 Å². The number of benzene rings is 1. The standard InChI is InChI=1S/C7H8N2O4S.CHBr3O3S/c1-5-2-6(9(10)11)4-7(3-5)14(8,12)13;2-1(3,4)8(5,6)7/h2-4H,1H3,(H2,8,12,13);(H,5,6,7). The number of hydrogen-bond acceptors (Lipinski definition) is 6. The summed E-state index contributed by atoms with van der Waals surface area (Å²) in [6, 6.07) is 3.49. The van der Waals surface area contributed by atoms with E-state index in [4.69, 9.17) is 9.69 Å². The number of non-ortho nitro benzene ring substituents is 1. The van der Waals surface area contributed by atoms with Gasteiger partial charge in [0, 0.05) is 12.1 Å². The smallest absolute Gasteiger partial charge is 0.283 e. The van der Waals surface area contributed by atoms with Crippen molar-refractivity contribution in [1.29, 1.82) is 0 Å². The molecule has 14 heteroatoms. The van der Waals surface area contributed by atoms with Crippen molar-refractivity contribution in [3.05, 3.63) is 33.9 Å². The molecule has 126 valence electrons. The van der Waals surface area contributed by atoms with Crippen molar-refractivity contribution < 1.29 is 26.3 Å². The predicted molar refractivity (Wildman–Crippen MR) is 90.3 cm³/mol. The molecule has 0 saturated carbocycles. The Kier molecular flexibility index (Phi) is 7.59. The lowest BCUT2D eigenvalue weighted by Crippen LogP contribution is -2.15. The fourth-order valence-corrected chi connectivity index (χ4v) is 1.63. The Morgan fingerprint density at radius 1 is 1.18 bits per heavy atom. The van der Waals surface area contributed by atoms with Crippen molar-refractivity contribution in [2.45, 2.75) is 13.3 Å². The van der Waals surface area contributed by atoms with Gasteiger partial charge in [0.2, 0.25) is 10.0 Å². The lowest BCUT2D eigenvalue weighted by Gasteiger charge is -2.04. The maximum Gasteiger partial charge on any atom is 0.301 e. The predicted octanol–water partition coefficient (Wildman–Crippen LogP) is 2.22. The summed E-state index contributed by atoms with van der Waals surface area (Å²) in [5.41, 5.74) is 0.192. The first kappa shape index (κ1) is 21.9. The molecule has 0 radical (unpaired) electrons. The van der Waals surface area contributed by atoms with E-state index in [1.54, 1.807) is 6.92 Å². The Morgan fingerprint density at radius 3 is 1.86 bits per heavy atom. The zero-order valence-electron chi connectivity index (χ0n) is 10.6. The van der Waals surface area contributed by atoms with Gasteiger partial charge < -0.3 is 0 Å². The fraction of sp³-hybridized carbons (Fsp3) is 0.250. The topological polar surface area (TPSA) is 158 Å². The zero-order chi connectivity index (χ0) is 17.9. The number of nitro groups is 1. The van der Waals surface area contributed by atoms with Gasteiger partial charge in [0.15, 0.2) is 0 Å². The van der Waals surface area contributed by atoms with Crippen LogP contribution in [-0.2, 0) is 20.1 Å². The highest BCUT2D eigenvalue weighted by molar-refractivity contribution is 9.42. The van der Waals surface area contributed by atoms with E-state index < -0.39 is 26.5 Å². The van der Waals surface area contributed by atoms with E-state index in [-0.39, 0.29) is 10.6 Å². The number of aryl methyl sites for hydroxylation is 1. The Labute approximate surface area is 151 Å². The van der Waals surface area contributed by atoms with Crippen LogP contribution in [0.4, 0.5) is 5.69 Å². The quantitative estimate of drug-likeness (QED) is 0.248. The molecule has 1 aromatic rings. The molecule has 0 aliphatic rings. The summed E-state index contributed by atoms with van der Waals surface area (Å²) in [5, 5.41) is 15.2. The molecule has 0 unspecified atom stereocenters. The highest BCUT2D eigenvalue weighted by Gasteiger charge is 2.33. The number of nitrogens with two attached hydrogens (primary N) is 1. The average Bonchev–Trinajstić information content (AvgIpc) is 2.24. The summed E-state index contributed by atoms with van der Waals surface area (Å²) < 4.78 is 48.6. The second kappa shape index (κ2) is 7.63. The molecular weight excluding hydrogens is 540 g/mol. The van der Waals surface area contributed by atoms with E-state index in [1.165, 1.54) is 12.1 Å². The van der Waals surface area contributed by atoms with Gasteiger partial charge in [-0.3, -0.25) is 14.7 Å². The highest BCUT2D eigenvalue weighted by Crippen LogP contribution is 2.38. The molecule has 0 amide bonds. The second-order valence-electron chi connectivity index (χ2n) is 3.73. The molecule has 1 rings (SSSR count). The van der Waals surface area contributed by atoms with E-state index in [0.29, 0.717) is 5.56 Å². The molecule has 0 aliphatic heterocycles. The molecule has 22 heavy (non-hydrogen) atoms. The first-order chi connectivity index (χ1) is 9.55. The number of alkyl halides is 3. The molecule has 0 saturated heterocycles. The third kappa shape index (κ3) is 7.43. The molecule has 9 nitrogen and oxygen atoms in total. The zero-order valence-corrected chi connectivity index (χ0v) is 17.0. The third-order valence-electron chi connectivity index (χ3n) is 1.87. The van der Waals surface area contributed by atoms with Crippen molar-refractivity contribution >= 4 is 73.6 Å². The number of rotatable bonds is 2. The third-order valence-corrected chi connectivity index (χ3v) is 7.03. The van der Waals surface area contributed by atoms with Gasteiger partial charge in [0.25, 0.3) is 7.16 Å².